The summed E-state index contributed by atoms with van der Waals surface area (Å²) in [5, 5.41) is 8.50. The van der Waals surface area contributed by atoms with Crippen LogP contribution >= 0.6 is 0 Å². The molecule has 1 rings (SSSR count). The van der Waals surface area contributed by atoms with Crippen LogP contribution in [0.4, 0.5) is 0 Å². The van der Waals surface area contributed by atoms with Crippen molar-refractivity contribution in [3.05, 3.63) is 0 Å². The van der Waals surface area contributed by atoms with Crippen molar-refractivity contribution in [1.29, 1.82) is 0 Å². The molecule has 0 aromatic carbocycles. The standard InChI is InChI=1S/C6H12O5S/c1-5(12(8,9)10)2-6(7)3-11-4-6/h5,7H,2-4H2,1H3,(H,8,9,10). The van der Waals surface area contributed by atoms with Crippen LogP contribution in [0.15, 0.2) is 0 Å². The normalized spacial score (nSPS) is 24.6. The number of ether oxygens (including phenoxy) is 1. The Morgan fingerprint density at radius 1 is 1.58 bits per heavy atom. The van der Waals surface area contributed by atoms with Crippen LogP contribution in [-0.4, -0.2) is 42.1 Å². The van der Waals surface area contributed by atoms with Crippen LogP contribution in [0.2, 0.25) is 0 Å². The lowest BCUT2D eigenvalue weighted by atomic mass is 9.96. The Bertz CT molecular complexity index is 253. The van der Waals surface area contributed by atoms with Crippen LogP contribution in [0.5, 0.6) is 0 Å². The maximum absolute atomic E-state index is 10.6. The Labute approximate surface area is 71.1 Å². The van der Waals surface area contributed by atoms with E-state index in [0.717, 1.165) is 0 Å². The molecule has 12 heavy (non-hydrogen) atoms. The molecule has 1 heterocycles. The molecule has 0 bridgehead atoms. The summed E-state index contributed by atoms with van der Waals surface area (Å²) in [7, 11) is -4.03. The lowest BCUT2D eigenvalue weighted by Crippen LogP contribution is -2.52. The summed E-state index contributed by atoms with van der Waals surface area (Å²) in [5.74, 6) is 0. The maximum atomic E-state index is 10.6. The Balaban J connectivity index is 2.51. The molecule has 0 radical (unpaired) electrons. The minimum Gasteiger partial charge on any atom is -0.385 e. The van der Waals surface area contributed by atoms with E-state index < -0.39 is 21.0 Å². The predicted octanol–water partition coefficient (Wildman–Crippen LogP) is -0.586. The second-order valence-corrected chi connectivity index (χ2v) is 5.08. The smallest absolute Gasteiger partial charge is 0.267 e. The van der Waals surface area contributed by atoms with Crippen LogP contribution in [-0.2, 0) is 14.9 Å². The Hall–Kier alpha value is -0.170. The lowest BCUT2D eigenvalue weighted by Gasteiger charge is -2.37. The van der Waals surface area contributed by atoms with Crippen LogP contribution in [0.3, 0.4) is 0 Å². The first-order chi connectivity index (χ1) is 5.33. The molecule has 2 N–H and O–H groups in total. The van der Waals surface area contributed by atoms with E-state index in [4.69, 9.17) is 9.29 Å². The van der Waals surface area contributed by atoms with E-state index in [2.05, 4.69) is 0 Å². The van der Waals surface area contributed by atoms with Crippen molar-refractivity contribution in [1.82, 2.24) is 0 Å². The monoisotopic (exact) mass is 196 g/mol. The van der Waals surface area contributed by atoms with Gasteiger partial charge in [-0.2, -0.15) is 8.42 Å². The molecule has 0 spiro atoms. The van der Waals surface area contributed by atoms with Crippen LogP contribution < -0.4 is 0 Å². The van der Waals surface area contributed by atoms with E-state index >= 15 is 0 Å². The van der Waals surface area contributed by atoms with E-state index in [0.29, 0.717) is 0 Å². The summed E-state index contributed by atoms with van der Waals surface area (Å²) in [6.45, 7) is 1.64. The third kappa shape index (κ3) is 2.16. The van der Waals surface area contributed by atoms with Crippen LogP contribution in [0.1, 0.15) is 13.3 Å². The minimum atomic E-state index is -4.03. The molecule has 72 valence electrons. The summed E-state index contributed by atoms with van der Waals surface area (Å²) in [6, 6.07) is 0. The maximum Gasteiger partial charge on any atom is 0.267 e. The molecule has 0 saturated carbocycles. The van der Waals surface area contributed by atoms with Gasteiger partial charge in [0, 0.05) is 0 Å². The predicted molar refractivity (Wildman–Crippen MR) is 41.4 cm³/mol. The Kier molecular flexibility index (Phi) is 2.44. The fourth-order valence-electron chi connectivity index (χ4n) is 1.10. The molecule has 6 heteroatoms. The third-order valence-corrected chi connectivity index (χ3v) is 3.10. The summed E-state index contributed by atoms with van der Waals surface area (Å²) in [6.07, 6.45) is 0.0197. The highest BCUT2D eigenvalue weighted by Gasteiger charge is 2.39. The summed E-state index contributed by atoms with van der Waals surface area (Å²) in [4.78, 5) is 0. The van der Waals surface area contributed by atoms with Gasteiger partial charge in [-0.15, -0.1) is 0 Å². The highest BCUT2D eigenvalue weighted by Crippen LogP contribution is 2.24. The minimum absolute atomic E-state index is 0.0197. The van der Waals surface area contributed by atoms with Gasteiger partial charge in [0.2, 0.25) is 0 Å². The van der Waals surface area contributed by atoms with Crippen molar-refractivity contribution in [3.8, 4) is 0 Å². The molecular weight excluding hydrogens is 184 g/mol. The number of rotatable bonds is 3. The Morgan fingerprint density at radius 3 is 2.33 bits per heavy atom. The van der Waals surface area contributed by atoms with Crippen molar-refractivity contribution < 1.29 is 22.8 Å². The zero-order valence-electron chi connectivity index (χ0n) is 6.73. The van der Waals surface area contributed by atoms with E-state index in [1.807, 2.05) is 0 Å². The SMILES string of the molecule is CC(CC1(O)COC1)S(=O)(=O)O. The van der Waals surface area contributed by atoms with Gasteiger partial charge in [-0.1, -0.05) is 0 Å². The molecule has 1 aliphatic rings. The van der Waals surface area contributed by atoms with Gasteiger partial charge >= 0.3 is 0 Å². The van der Waals surface area contributed by atoms with E-state index in [1.54, 1.807) is 0 Å². The van der Waals surface area contributed by atoms with Gasteiger partial charge in [-0.3, -0.25) is 4.55 Å². The zero-order chi connectivity index (χ0) is 9.41. The van der Waals surface area contributed by atoms with Gasteiger partial charge in [0.05, 0.1) is 18.5 Å². The van der Waals surface area contributed by atoms with Crippen molar-refractivity contribution in [2.45, 2.75) is 24.2 Å². The first kappa shape index (κ1) is 9.91. The fraction of sp³-hybridized carbons (Fsp3) is 1.00. The molecule has 5 nitrogen and oxygen atoms in total. The highest BCUT2D eigenvalue weighted by atomic mass is 32.2. The molecule has 0 amide bonds. The van der Waals surface area contributed by atoms with Crippen molar-refractivity contribution in [2.24, 2.45) is 0 Å². The summed E-state index contributed by atoms with van der Waals surface area (Å²) < 4.78 is 34.4. The summed E-state index contributed by atoms with van der Waals surface area (Å²) >= 11 is 0. The molecule has 0 aromatic rings. The first-order valence-electron chi connectivity index (χ1n) is 3.60. The largest absolute Gasteiger partial charge is 0.385 e. The van der Waals surface area contributed by atoms with Crippen molar-refractivity contribution >= 4 is 10.1 Å². The molecular formula is C6H12O5S. The number of hydrogen-bond acceptors (Lipinski definition) is 4. The van der Waals surface area contributed by atoms with Crippen LogP contribution in [0, 0.1) is 0 Å². The first-order valence-corrected chi connectivity index (χ1v) is 5.10. The lowest BCUT2D eigenvalue weighted by molar-refractivity contribution is -0.180. The Morgan fingerprint density at radius 2 is 2.08 bits per heavy atom. The van der Waals surface area contributed by atoms with E-state index in [-0.39, 0.29) is 19.6 Å². The topological polar surface area (TPSA) is 83.8 Å². The van der Waals surface area contributed by atoms with Crippen molar-refractivity contribution in [2.75, 3.05) is 13.2 Å². The van der Waals surface area contributed by atoms with Crippen molar-refractivity contribution in [3.63, 3.8) is 0 Å². The van der Waals surface area contributed by atoms with Gasteiger partial charge in [-0.05, 0) is 13.3 Å². The third-order valence-electron chi connectivity index (χ3n) is 1.92. The van der Waals surface area contributed by atoms with Crippen LogP contribution in [0.25, 0.3) is 0 Å². The highest BCUT2D eigenvalue weighted by molar-refractivity contribution is 7.86. The molecule has 0 aliphatic carbocycles. The van der Waals surface area contributed by atoms with E-state index in [1.165, 1.54) is 6.92 Å². The average Bonchev–Trinajstić information content (AvgIpc) is 1.82. The van der Waals surface area contributed by atoms with Gasteiger partial charge in [0.15, 0.2) is 0 Å². The molecule has 1 unspecified atom stereocenters. The molecule has 1 fully saturated rings. The van der Waals surface area contributed by atoms with E-state index in [9.17, 15) is 13.5 Å². The van der Waals surface area contributed by atoms with Gasteiger partial charge in [0.1, 0.15) is 5.60 Å². The quantitative estimate of drug-likeness (QED) is 0.590. The fourth-order valence-corrected chi connectivity index (χ4v) is 1.62. The molecule has 1 atom stereocenters. The van der Waals surface area contributed by atoms with Gasteiger partial charge in [0.25, 0.3) is 10.1 Å². The number of hydrogen-bond donors (Lipinski definition) is 2. The molecule has 1 saturated heterocycles. The second kappa shape index (κ2) is 2.95. The second-order valence-electron chi connectivity index (χ2n) is 3.25. The van der Waals surface area contributed by atoms with Gasteiger partial charge < -0.3 is 9.84 Å². The van der Waals surface area contributed by atoms with Gasteiger partial charge in [-0.25, -0.2) is 0 Å². The molecule has 1 aliphatic heterocycles. The summed E-state index contributed by atoms with van der Waals surface area (Å²) in [5.41, 5.74) is -1.06. The number of aliphatic hydroxyl groups is 1. The zero-order valence-corrected chi connectivity index (χ0v) is 7.54. The molecule has 0 aromatic heterocycles. The average molecular weight is 196 g/mol.